The summed E-state index contributed by atoms with van der Waals surface area (Å²) in [6.07, 6.45) is 6.81. The highest BCUT2D eigenvalue weighted by molar-refractivity contribution is 8.14. The second-order valence-corrected chi connectivity index (χ2v) is 7.24. The van der Waals surface area contributed by atoms with Crippen LogP contribution in [0.2, 0.25) is 0 Å². The molecule has 2 unspecified atom stereocenters. The summed E-state index contributed by atoms with van der Waals surface area (Å²) >= 11 is 1.99. The van der Waals surface area contributed by atoms with E-state index in [0.29, 0.717) is 6.04 Å². The van der Waals surface area contributed by atoms with E-state index in [1.807, 2.05) is 11.8 Å². The Hall–Kier alpha value is -0.180. The monoisotopic (exact) mass is 254 g/mol. The van der Waals surface area contributed by atoms with Gasteiger partial charge in [-0.1, -0.05) is 38.5 Å². The summed E-state index contributed by atoms with van der Waals surface area (Å²) in [5.74, 6) is 1.80. The predicted octanol–water partition coefficient (Wildman–Crippen LogP) is 3.67. The van der Waals surface area contributed by atoms with E-state index in [1.165, 1.54) is 37.3 Å². The van der Waals surface area contributed by atoms with Crippen molar-refractivity contribution in [3.05, 3.63) is 0 Å². The number of aliphatic imine (C=N–C) groups is 1. The maximum Gasteiger partial charge on any atom is 0.157 e. The lowest BCUT2D eigenvalue weighted by atomic mass is 10.0. The summed E-state index contributed by atoms with van der Waals surface area (Å²) in [6.45, 7) is 7.94. The molecule has 2 rings (SSSR count). The smallest absolute Gasteiger partial charge is 0.157 e. The number of hydrogen-bond acceptors (Lipinski definition) is 3. The third-order valence-corrected chi connectivity index (χ3v) is 4.92. The molecule has 3 heteroatoms. The molecule has 0 amide bonds. The van der Waals surface area contributed by atoms with Crippen molar-refractivity contribution in [3.63, 3.8) is 0 Å². The highest BCUT2D eigenvalue weighted by atomic mass is 32.2. The molecule has 0 radical (unpaired) electrons. The van der Waals surface area contributed by atoms with Crippen molar-refractivity contribution in [1.82, 2.24) is 5.32 Å². The zero-order valence-corrected chi connectivity index (χ0v) is 12.2. The number of rotatable bonds is 6. The van der Waals surface area contributed by atoms with Crippen molar-refractivity contribution in [3.8, 4) is 0 Å². The van der Waals surface area contributed by atoms with E-state index in [2.05, 4.69) is 31.1 Å². The Morgan fingerprint density at radius 3 is 2.71 bits per heavy atom. The summed E-state index contributed by atoms with van der Waals surface area (Å²) in [6, 6.07) is 0.581. The Balaban J connectivity index is 1.60. The molecule has 17 heavy (non-hydrogen) atoms. The van der Waals surface area contributed by atoms with Crippen molar-refractivity contribution in [1.29, 1.82) is 0 Å². The van der Waals surface area contributed by atoms with E-state index in [9.17, 15) is 0 Å². The Morgan fingerprint density at radius 1 is 1.29 bits per heavy atom. The summed E-state index contributed by atoms with van der Waals surface area (Å²) in [5, 5.41) is 5.58. The highest BCUT2D eigenvalue weighted by Gasteiger charge is 2.35. The number of nitrogens with one attached hydrogen (secondary N) is 1. The first-order chi connectivity index (χ1) is 8.15. The standard InChI is InChI=1S/C14H26N2S/c1-10(2)5-4-6-11(3)16-14-15-9-13(17-14)12-7-8-12/h10-13H,4-9H2,1-3H3,(H,15,16). The van der Waals surface area contributed by atoms with Gasteiger partial charge in [-0.3, -0.25) is 4.99 Å². The minimum atomic E-state index is 0.581. The van der Waals surface area contributed by atoms with Gasteiger partial charge in [-0.15, -0.1) is 0 Å². The molecule has 2 aliphatic rings. The van der Waals surface area contributed by atoms with Gasteiger partial charge in [0.2, 0.25) is 0 Å². The normalized spacial score (nSPS) is 26.1. The van der Waals surface area contributed by atoms with Gasteiger partial charge in [-0.25, -0.2) is 0 Å². The van der Waals surface area contributed by atoms with Crippen LogP contribution in [0.5, 0.6) is 0 Å². The Labute approximate surface area is 110 Å². The molecule has 98 valence electrons. The molecule has 1 saturated carbocycles. The van der Waals surface area contributed by atoms with Crippen LogP contribution in [-0.2, 0) is 0 Å². The molecule has 0 bridgehead atoms. The topological polar surface area (TPSA) is 24.4 Å². The van der Waals surface area contributed by atoms with Crippen LogP contribution in [0.3, 0.4) is 0 Å². The number of thioether (sulfide) groups is 1. The molecule has 0 spiro atoms. The van der Waals surface area contributed by atoms with Crippen LogP contribution in [0, 0.1) is 11.8 Å². The zero-order chi connectivity index (χ0) is 12.3. The minimum absolute atomic E-state index is 0.581. The molecule has 0 aromatic rings. The molecule has 0 aromatic heterocycles. The van der Waals surface area contributed by atoms with Crippen molar-refractivity contribution >= 4 is 16.9 Å². The fourth-order valence-corrected chi connectivity index (χ4v) is 3.62. The summed E-state index contributed by atoms with van der Waals surface area (Å²) in [5.41, 5.74) is 0. The number of hydrogen-bond donors (Lipinski definition) is 1. The summed E-state index contributed by atoms with van der Waals surface area (Å²) in [7, 11) is 0. The third kappa shape index (κ3) is 4.53. The first-order valence-electron chi connectivity index (χ1n) is 7.12. The van der Waals surface area contributed by atoms with Gasteiger partial charge >= 0.3 is 0 Å². The van der Waals surface area contributed by atoms with E-state index in [4.69, 9.17) is 0 Å². The van der Waals surface area contributed by atoms with Crippen molar-refractivity contribution < 1.29 is 0 Å². The van der Waals surface area contributed by atoms with Gasteiger partial charge in [0.15, 0.2) is 5.17 Å². The number of nitrogens with zero attached hydrogens (tertiary/aromatic N) is 1. The van der Waals surface area contributed by atoms with E-state index in [1.54, 1.807) is 0 Å². The largest absolute Gasteiger partial charge is 0.362 e. The first-order valence-corrected chi connectivity index (χ1v) is 8.00. The molecule has 0 saturated heterocycles. The van der Waals surface area contributed by atoms with Crippen LogP contribution in [0.4, 0.5) is 0 Å². The second kappa shape index (κ2) is 6.12. The lowest BCUT2D eigenvalue weighted by Crippen LogP contribution is -2.30. The van der Waals surface area contributed by atoms with Crippen LogP contribution < -0.4 is 5.32 Å². The third-order valence-electron chi connectivity index (χ3n) is 3.61. The van der Waals surface area contributed by atoms with Crippen molar-refractivity contribution in [2.45, 2.75) is 64.2 Å². The highest BCUT2D eigenvalue weighted by Crippen LogP contribution is 2.41. The Bertz CT molecular complexity index is 271. The molecule has 1 aliphatic carbocycles. The van der Waals surface area contributed by atoms with Gasteiger partial charge in [0, 0.05) is 11.3 Å². The van der Waals surface area contributed by atoms with E-state index >= 15 is 0 Å². The van der Waals surface area contributed by atoms with Gasteiger partial charge < -0.3 is 5.32 Å². The fraction of sp³-hybridized carbons (Fsp3) is 0.929. The van der Waals surface area contributed by atoms with Crippen molar-refractivity contribution in [2.24, 2.45) is 16.8 Å². The van der Waals surface area contributed by atoms with Gasteiger partial charge in [-0.2, -0.15) is 0 Å². The van der Waals surface area contributed by atoms with E-state index in [-0.39, 0.29) is 0 Å². The maximum absolute atomic E-state index is 4.63. The van der Waals surface area contributed by atoms with Crippen LogP contribution in [0.25, 0.3) is 0 Å². The lowest BCUT2D eigenvalue weighted by molar-refractivity contribution is 0.495. The van der Waals surface area contributed by atoms with Gasteiger partial charge in [0.25, 0.3) is 0 Å². The molecular formula is C14H26N2S. The molecule has 1 aliphatic heterocycles. The van der Waals surface area contributed by atoms with Crippen LogP contribution in [-0.4, -0.2) is 23.0 Å². The van der Waals surface area contributed by atoms with Crippen molar-refractivity contribution in [2.75, 3.05) is 6.54 Å². The van der Waals surface area contributed by atoms with E-state index < -0.39 is 0 Å². The Morgan fingerprint density at radius 2 is 2.06 bits per heavy atom. The fourth-order valence-electron chi connectivity index (χ4n) is 2.30. The number of amidine groups is 1. The molecular weight excluding hydrogens is 228 g/mol. The summed E-state index contributed by atoms with van der Waals surface area (Å²) < 4.78 is 0. The molecule has 2 nitrogen and oxygen atoms in total. The van der Waals surface area contributed by atoms with Gasteiger partial charge in [0.05, 0.1) is 6.54 Å². The van der Waals surface area contributed by atoms with Crippen LogP contribution in [0.1, 0.15) is 52.9 Å². The molecule has 1 N–H and O–H groups in total. The van der Waals surface area contributed by atoms with E-state index in [0.717, 1.165) is 23.6 Å². The predicted molar refractivity (Wildman–Crippen MR) is 77.7 cm³/mol. The minimum Gasteiger partial charge on any atom is -0.362 e. The van der Waals surface area contributed by atoms with Gasteiger partial charge in [0.1, 0.15) is 0 Å². The van der Waals surface area contributed by atoms with Crippen LogP contribution >= 0.6 is 11.8 Å². The quantitative estimate of drug-likeness (QED) is 0.782. The SMILES string of the molecule is CC(C)CCCC(C)NC1=NCC(C2CC2)S1. The second-order valence-electron chi connectivity index (χ2n) is 6.01. The average Bonchev–Trinajstić information content (AvgIpc) is 3.00. The van der Waals surface area contributed by atoms with Gasteiger partial charge in [-0.05, 0) is 38.0 Å². The molecule has 0 aromatic carbocycles. The molecule has 2 atom stereocenters. The Kier molecular flexibility index (Phi) is 4.78. The summed E-state index contributed by atoms with van der Waals surface area (Å²) in [4.78, 5) is 4.63. The maximum atomic E-state index is 4.63. The molecule has 1 fully saturated rings. The zero-order valence-electron chi connectivity index (χ0n) is 11.4. The van der Waals surface area contributed by atoms with Crippen LogP contribution in [0.15, 0.2) is 4.99 Å². The lowest BCUT2D eigenvalue weighted by Gasteiger charge is -2.15. The average molecular weight is 254 g/mol. The molecule has 1 heterocycles. The first kappa shape index (κ1) is 13.3.